The molecule has 0 radical (unpaired) electrons. The number of hydrogen-bond acceptors (Lipinski definition) is 4. The topological polar surface area (TPSA) is 75.5 Å². The molecule has 0 aliphatic carbocycles. The van der Waals surface area contributed by atoms with Gasteiger partial charge < -0.3 is 10.2 Å². The van der Waals surface area contributed by atoms with Crippen LogP contribution in [-0.4, -0.2) is 23.4 Å². The number of carbonyl (C=O) groups is 1. The van der Waals surface area contributed by atoms with Crippen molar-refractivity contribution in [3.63, 3.8) is 0 Å². The predicted octanol–water partition coefficient (Wildman–Crippen LogP) is 3.64. The molecule has 1 aliphatic rings. The molecule has 1 amide bonds. The number of benzene rings is 2. The quantitative estimate of drug-likeness (QED) is 0.678. The molecule has 1 atom stereocenters. The van der Waals surface area contributed by atoms with Crippen LogP contribution in [-0.2, 0) is 11.2 Å². The fourth-order valence-electron chi connectivity index (χ4n) is 2.96. The first kappa shape index (κ1) is 16.3. The number of para-hydroxylation sites is 1. The number of nitro benzene ring substituents is 1. The number of rotatable bonds is 4. The number of nitrogens with zero attached hydrogens (tertiary/aromatic N) is 2. The van der Waals surface area contributed by atoms with Crippen LogP contribution in [0.2, 0.25) is 5.02 Å². The molecular weight excluding hydrogens is 330 g/mol. The van der Waals surface area contributed by atoms with Gasteiger partial charge in [-0.25, -0.2) is 0 Å². The maximum Gasteiger partial charge on any atom is 0.289 e. The van der Waals surface area contributed by atoms with Gasteiger partial charge in [0.25, 0.3) is 5.69 Å². The highest BCUT2D eigenvalue weighted by atomic mass is 35.5. The zero-order chi connectivity index (χ0) is 17.3. The summed E-state index contributed by atoms with van der Waals surface area (Å²) in [6.45, 7) is 2.26. The molecular formula is C17H16ClN3O3. The van der Waals surface area contributed by atoms with Crippen molar-refractivity contribution in [2.75, 3.05) is 16.8 Å². The van der Waals surface area contributed by atoms with Crippen molar-refractivity contribution >= 4 is 34.6 Å². The summed E-state index contributed by atoms with van der Waals surface area (Å²) in [5, 5.41) is 13.7. The van der Waals surface area contributed by atoms with Gasteiger partial charge in [-0.3, -0.25) is 14.9 Å². The Morgan fingerprint density at radius 3 is 2.88 bits per heavy atom. The van der Waals surface area contributed by atoms with Crippen LogP contribution in [0.15, 0.2) is 42.5 Å². The molecule has 1 N–H and O–H groups in total. The van der Waals surface area contributed by atoms with Crippen LogP contribution in [0.1, 0.15) is 12.5 Å². The number of fused-ring (bicyclic) bond motifs is 1. The summed E-state index contributed by atoms with van der Waals surface area (Å²) in [6.07, 6.45) is 0.899. The molecule has 0 unspecified atom stereocenters. The van der Waals surface area contributed by atoms with E-state index in [0.717, 1.165) is 12.1 Å². The summed E-state index contributed by atoms with van der Waals surface area (Å²) in [5.74, 6) is -0.227. The summed E-state index contributed by atoms with van der Waals surface area (Å²) in [4.78, 5) is 24.7. The molecule has 0 spiro atoms. The SMILES string of the molecule is C[C@@H]1Cc2ccccc2N1CC(=O)Nc1ccc(Cl)c([N+](=O)[O-])c1. The minimum absolute atomic E-state index is 0.0418. The fraction of sp³-hybridized carbons (Fsp3) is 0.235. The molecule has 2 aromatic carbocycles. The van der Waals surface area contributed by atoms with E-state index in [4.69, 9.17) is 11.6 Å². The first-order valence-electron chi connectivity index (χ1n) is 7.54. The van der Waals surface area contributed by atoms with E-state index < -0.39 is 4.92 Å². The van der Waals surface area contributed by atoms with Gasteiger partial charge in [0.1, 0.15) is 5.02 Å². The van der Waals surface area contributed by atoms with Crippen molar-refractivity contribution in [2.24, 2.45) is 0 Å². The third-order valence-corrected chi connectivity index (χ3v) is 4.41. The van der Waals surface area contributed by atoms with Gasteiger partial charge in [-0.15, -0.1) is 0 Å². The minimum Gasteiger partial charge on any atom is -0.359 e. The first-order chi connectivity index (χ1) is 11.5. The van der Waals surface area contributed by atoms with Crippen molar-refractivity contribution in [2.45, 2.75) is 19.4 Å². The molecule has 0 bridgehead atoms. The van der Waals surface area contributed by atoms with E-state index in [1.807, 2.05) is 23.1 Å². The molecule has 1 heterocycles. The molecule has 6 nitrogen and oxygen atoms in total. The number of nitro groups is 1. The lowest BCUT2D eigenvalue weighted by Crippen LogP contribution is -2.37. The van der Waals surface area contributed by atoms with E-state index in [1.54, 1.807) is 6.07 Å². The molecule has 0 saturated carbocycles. The van der Waals surface area contributed by atoms with E-state index >= 15 is 0 Å². The summed E-state index contributed by atoms with van der Waals surface area (Å²) in [7, 11) is 0. The highest BCUT2D eigenvalue weighted by Gasteiger charge is 2.27. The molecule has 0 fully saturated rings. The Morgan fingerprint density at radius 2 is 2.12 bits per heavy atom. The maximum absolute atomic E-state index is 12.3. The Kier molecular flexibility index (Phi) is 4.40. The van der Waals surface area contributed by atoms with E-state index in [2.05, 4.69) is 18.3 Å². The monoisotopic (exact) mass is 345 g/mol. The Morgan fingerprint density at radius 1 is 1.38 bits per heavy atom. The smallest absolute Gasteiger partial charge is 0.289 e. The summed E-state index contributed by atoms with van der Waals surface area (Å²) in [6, 6.07) is 12.4. The average Bonchev–Trinajstić information content (AvgIpc) is 2.85. The molecule has 124 valence electrons. The minimum atomic E-state index is -0.573. The van der Waals surface area contributed by atoms with Gasteiger partial charge in [0.2, 0.25) is 5.91 Å². The summed E-state index contributed by atoms with van der Waals surface area (Å²) < 4.78 is 0. The Balaban J connectivity index is 1.73. The summed E-state index contributed by atoms with van der Waals surface area (Å²) in [5.41, 5.74) is 2.41. The molecule has 2 aromatic rings. The third-order valence-electron chi connectivity index (χ3n) is 4.09. The molecule has 3 rings (SSSR count). The van der Waals surface area contributed by atoms with Crippen LogP contribution in [0, 0.1) is 10.1 Å². The highest BCUT2D eigenvalue weighted by Crippen LogP contribution is 2.32. The Bertz CT molecular complexity index is 809. The van der Waals surface area contributed by atoms with Crippen molar-refractivity contribution in [3.8, 4) is 0 Å². The standard InChI is InChI=1S/C17H16ClN3O3/c1-11-8-12-4-2-3-5-15(12)20(11)10-17(22)19-13-6-7-14(18)16(9-13)21(23)24/h2-7,9,11H,8,10H2,1H3,(H,19,22)/t11-/m1/s1. The lowest BCUT2D eigenvalue weighted by atomic mass is 10.1. The highest BCUT2D eigenvalue weighted by molar-refractivity contribution is 6.32. The molecule has 0 aromatic heterocycles. The van der Waals surface area contributed by atoms with Crippen LogP contribution in [0.5, 0.6) is 0 Å². The van der Waals surface area contributed by atoms with E-state index in [9.17, 15) is 14.9 Å². The molecule has 7 heteroatoms. The van der Waals surface area contributed by atoms with Crippen molar-refractivity contribution < 1.29 is 9.72 Å². The second kappa shape index (κ2) is 6.49. The lowest BCUT2D eigenvalue weighted by molar-refractivity contribution is -0.384. The molecule has 1 aliphatic heterocycles. The number of anilines is 2. The average molecular weight is 346 g/mol. The summed E-state index contributed by atoms with van der Waals surface area (Å²) >= 11 is 5.78. The van der Waals surface area contributed by atoms with Crippen LogP contribution in [0.25, 0.3) is 0 Å². The van der Waals surface area contributed by atoms with Gasteiger partial charge in [0.05, 0.1) is 11.5 Å². The third kappa shape index (κ3) is 3.19. The van der Waals surface area contributed by atoms with Crippen LogP contribution in [0.4, 0.5) is 17.1 Å². The Hall–Kier alpha value is -2.60. The van der Waals surface area contributed by atoms with E-state index in [0.29, 0.717) is 5.69 Å². The second-order valence-corrected chi connectivity index (χ2v) is 6.19. The fourth-order valence-corrected chi connectivity index (χ4v) is 3.14. The number of halogens is 1. The number of carbonyl (C=O) groups excluding carboxylic acids is 1. The van der Waals surface area contributed by atoms with Crippen LogP contribution >= 0.6 is 11.6 Å². The van der Waals surface area contributed by atoms with Crippen molar-refractivity contribution in [3.05, 3.63) is 63.2 Å². The zero-order valence-corrected chi connectivity index (χ0v) is 13.8. The number of nitrogens with one attached hydrogen (secondary N) is 1. The van der Waals surface area contributed by atoms with Gasteiger partial charge in [0.15, 0.2) is 0 Å². The maximum atomic E-state index is 12.3. The lowest BCUT2D eigenvalue weighted by Gasteiger charge is -2.24. The van der Waals surface area contributed by atoms with E-state index in [1.165, 1.54) is 17.7 Å². The molecule has 24 heavy (non-hydrogen) atoms. The van der Waals surface area contributed by atoms with Crippen LogP contribution < -0.4 is 10.2 Å². The normalized spacial score (nSPS) is 15.9. The van der Waals surface area contributed by atoms with Gasteiger partial charge >= 0.3 is 0 Å². The van der Waals surface area contributed by atoms with Gasteiger partial charge in [0, 0.05) is 23.5 Å². The zero-order valence-electron chi connectivity index (χ0n) is 13.0. The largest absolute Gasteiger partial charge is 0.359 e. The number of hydrogen-bond donors (Lipinski definition) is 1. The van der Waals surface area contributed by atoms with Gasteiger partial charge in [-0.2, -0.15) is 0 Å². The second-order valence-electron chi connectivity index (χ2n) is 5.78. The first-order valence-corrected chi connectivity index (χ1v) is 7.92. The molecule has 0 saturated heterocycles. The number of amides is 1. The van der Waals surface area contributed by atoms with Crippen molar-refractivity contribution in [1.82, 2.24) is 0 Å². The van der Waals surface area contributed by atoms with E-state index in [-0.39, 0.29) is 29.2 Å². The van der Waals surface area contributed by atoms with Gasteiger partial charge in [-0.1, -0.05) is 29.8 Å². The Labute approximate surface area is 144 Å². The van der Waals surface area contributed by atoms with Crippen LogP contribution in [0.3, 0.4) is 0 Å². The van der Waals surface area contributed by atoms with Gasteiger partial charge in [-0.05, 0) is 37.1 Å². The van der Waals surface area contributed by atoms with Crippen molar-refractivity contribution in [1.29, 1.82) is 0 Å². The predicted molar refractivity (Wildman–Crippen MR) is 93.7 cm³/mol.